The predicted octanol–water partition coefficient (Wildman–Crippen LogP) is 5.59. The zero-order chi connectivity index (χ0) is 22.7. The molecule has 164 valence electrons. The van der Waals surface area contributed by atoms with Crippen molar-refractivity contribution < 1.29 is 19.1 Å². The molecule has 3 aromatic rings. The number of hydrogen-bond acceptors (Lipinski definition) is 4. The van der Waals surface area contributed by atoms with Crippen LogP contribution in [0.3, 0.4) is 0 Å². The number of carbonyl (C=O) groups is 2. The van der Waals surface area contributed by atoms with E-state index in [1.54, 1.807) is 41.3 Å². The maximum Gasteiger partial charge on any atom is 0.265 e. The third kappa shape index (κ3) is 5.10. The van der Waals surface area contributed by atoms with Gasteiger partial charge in [0.1, 0.15) is 11.5 Å². The van der Waals surface area contributed by atoms with Gasteiger partial charge in [-0.25, -0.2) is 0 Å². The number of hydrogen-bond donors (Lipinski definition) is 1. The Bertz CT molecular complexity index is 1190. The standard InChI is InChI=1S/C23H17Cl3N2O4/c24-15-5-7-20(18(26)9-15)31-12-22(29)27-16-6-8-21-19(10-16)28(23(30)13-32-21)11-14-3-1-2-4-17(14)25/h1-10H,11-13H2,(H,27,29). The third-order valence-electron chi connectivity index (χ3n) is 4.72. The molecule has 0 fully saturated rings. The summed E-state index contributed by atoms with van der Waals surface area (Å²) in [6, 6.07) is 17.1. The quantitative estimate of drug-likeness (QED) is 0.488. The van der Waals surface area contributed by atoms with E-state index in [4.69, 9.17) is 44.3 Å². The Morgan fingerprint density at radius 2 is 1.84 bits per heavy atom. The smallest absolute Gasteiger partial charge is 0.265 e. The van der Waals surface area contributed by atoms with Crippen LogP contribution in [0, 0.1) is 0 Å². The first-order valence-electron chi connectivity index (χ1n) is 9.59. The van der Waals surface area contributed by atoms with E-state index in [-0.39, 0.29) is 25.7 Å². The molecule has 0 saturated carbocycles. The highest BCUT2D eigenvalue weighted by atomic mass is 35.5. The summed E-state index contributed by atoms with van der Waals surface area (Å²) in [5, 5.41) is 4.10. The van der Waals surface area contributed by atoms with E-state index in [2.05, 4.69) is 5.32 Å². The van der Waals surface area contributed by atoms with Crippen molar-refractivity contribution in [2.75, 3.05) is 23.4 Å². The van der Waals surface area contributed by atoms with Gasteiger partial charge in [0.25, 0.3) is 11.8 Å². The number of ether oxygens (including phenoxy) is 2. The first-order chi connectivity index (χ1) is 15.4. The third-order valence-corrected chi connectivity index (χ3v) is 5.62. The van der Waals surface area contributed by atoms with Crippen LogP contribution in [0.1, 0.15) is 5.56 Å². The van der Waals surface area contributed by atoms with Gasteiger partial charge in [-0.3, -0.25) is 9.59 Å². The average Bonchev–Trinajstić information content (AvgIpc) is 2.76. The van der Waals surface area contributed by atoms with Gasteiger partial charge in [-0.2, -0.15) is 0 Å². The van der Waals surface area contributed by atoms with Crippen molar-refractivity contribution in [1.29, 1.82) is 0 Å². The fraction of sp³-hybridized carbons (Fsp3) is 0.130. The van der Waals surface area contributed by atoms with Gasteiger partial charge in [0.15, 0.2) is 13.2 Å². The number of nitrogens with one attached hydrogen (secondary N) is 1. The molecule has 32 heavy (non-hydrogen) atoms. The first-order valence-corrected chi connectivity index (χ1v) is 10.7. The molecule has 0 aliphatic carbocycles. The lowest BCUT2D eigenvalue weighted by Gasteiger charge is -2.30. The molecule has 0 saturated heterocycles. The van der Waals surface area contributed by atoms with Crippen molar-refractivity contribution in [3.63, 3.8) is 0 Å². The molecule has 0 radical (unpaired) electrons. The number of rotatable bonds is 6. The summed E-state index contributed by atoms with van der Waals surface area (Å²) in [7, 11) is 0. The molecule has 1 aliphatic heterocycles. The van der Waals surface area contributed by atoms with E-state index in [0.717, 1.165) is 5.56 Å². The maximum absolute atomic E-state index is 12.6. The van der Waals surface area contributed by atoms with Crippen LogP contribution in [0.4, 0.5) is 11.4 Å². The normalized spacial score (nSPS) is 12.7. The second-order valence-corrected chi connectivity index (χ2v) is 8.20. The molecule has 0 spiro atoms. The summed E-state index contributed by atoms with van der Waals surface area (Å²) in [5.74, 6) is 0.290. The summed E-state index contributed by atoms with van der Waals surface area (Å²) >= 11 is 18.2. The number of carbonyl (C=O) groups excluding carboxylic acids is 2. The second kappa shape index (κ2) is 9.69. The van der Waals surface area contributed by atoms with Crippen molar-refractivity contribution >= 4 is 58.0 Å². The zero-order valence-corrected chi connectivity index (χ0v) is 18.9. The van der Waals surface area contributed by atoms with Crippen molar-refractivity contribution in [1.82, 2.24) is 0 Å². The van der Waals surface area contributed by atoms with E-state index < -0.39 is 5.91 Å². The highest BCUT2D eigenvalue weighted by molar-refractivity contribution is 6.35. The summed E-state index contributed by atoms with van der Waals surface area (Å²) in [6.45, 7) is -0.0412. The van der Waals surface area contributed by atoms with Gasteiger partial charge in [0.2, 0.25) is 0 Å². The Balaban J connectivity index is 1.48. The number of anilines is 2. The summed E-state index contributed by atoms with van der Waals surface area (Å²) in [4.78, 5) is 26.5. The molecule has 9 heteroatoms. The van der Waals surface area contributed by atoms with Crippen molar-refractivity contribution in [2.24, 2.45) is 0 Å². The number of halogens is 3. The van der Waals surface area contributed by atoms with Crippen LogP contribution in [0.15, 0.2) is 60.7 Å². The number of amides is 2. The van der Waals surface area contributed by atoms with Crippen LogP contribution in [-0.2, 0) is 16.1 Å². The topological polar surface area (TPSA) is 67.9 Å². The van der Waals surface area contributed by atoms with Crippen molar-refractivity contribution in [3.05, 3.63) is 81.3 Å². The van der Waals surface area contributed by atoms with Crippen LogP contribution >= 0.6 is 34.8 Å². The van der Waals surface area contributed by atoms with Crippen molar-refractivity contribution in [3.8, 4) is 11.5 Å². The van der Waals surface area contributed by atoms with E-state index in [0.29, 0.717) is 37.9 Å². The molecule has 0 bridgehead atoms. The first kappa shape index (κ1) is 22.3. The molecule has 1 heterocycles. The SMILES string of the molecule is O=C(COc1ccc(Cl)cc1Cl)Nc1ccc2c(c1)N(Cc1ccccc1Cl)C(=O)CO2. The molecule has 2 amide bonds. The minimum atomic E-state index is -0.392. The van der Waals surface area contributed by atoms with Gasteiger partial charge in [-0.15, -0.1) is 0 Å². The monoisotopic (exact) mass is 490 g/mol. The summed E-state index contributed by atoms with van der Waals surface area (Å²) in [6.07, 6.45) is 0. The second-order valence-electron chi connectivity index (χ2n) is 6.95. The molecule has 0 unspecified atom stereocenters. The molecule has 0 aromatic heterocycles. The summed E-state index contributed by atoms with van der Waals surface area (Å²) in [5.41, 5.74) is 1.83. The highest BCUT2D eigenvalue weighted by Crippen LogP contribution is 2.36. The molecule has 4 rings (SSSR count). The fourth-order valence-corrected chi connectivity index (χ4v) is 3.84. The van der Waals surface area contributed by atoms with E-state index in [9.17, 15) is 9.59 Å². The summed E-state index contributed by atoms with van der Waals surface area (Å²) < 4.78 is 11.0. The van der Waals surface area contributed by atoms with Gasteiger partial charge in [-0.05, 0) is 48.0 Å². The van der Waals surface area contributed by atoms with Gasteiger partial charge in [0, 0.05) is 15.7 Å². The maximum atomic E-state index is 12.6. The Labute approximate surface area is 199 Å². The Morgan fingerprint density at radius 1 is 1.03 bits per heavy atom. The minimum Gasteiger partial charge on any atom is -0.482 e. The van der Waals surface area contributed by atoms with Gasteiger partial charge in [0.05, 0.1) is 17.3 Å². The molecular formula is C23H17Cl3N2O4. The van der Waals surface area contributed by atoms with Gasteiger partial charge < -0.3 is 19.7 Å². The lowest BCUT2D eigenvalue weighted by molar-refractivity contribution is -0.121. The minimum absolute atomic E-state index is 0.0706. The Kier molecular flexibility index (Phi) is 6.74. The highest BCUT2D eigenvalue weighted by Gasteiger charge is 2.26. The van der Waals surface area contributed by atoms with Gasteiger partial charge >= 0.3 is 0 Å². The molecule has 1 N–H and O–H groups in total. The van der Waals surface area contributed by atoms with Crippen LogP contribution in [0.5, 0.6) is 11.5 Å². The number of fused-ring (bicyclic) bond motifs is 1. The number of nitrogens with zero attached hydrogens (tertiary/aromatic N) is 1. The fourth-order valence-electron chi connectivity index (χ4n) is 3.18. The van der Waals surface area contributed by atoms with Crippen molar-refractivity contribution in [2.45, 2.75) is 6.54 Å². The van der Waals surface area contributed by atoms with E-state index >= 15 is 0 Å². The lowest BCUT2D eigenvalue weighted by Crippen LogP contribution is -2.38. The zero-order valence-electron chi connectivity index (χ0n) is 16.6. The molecule has 6 nitrogen and oxygen atoms in total. The van der Waals surface area contributed by atoms with Gasteiger partial charge in [-0.1, -0.05) is 53.0 Å². The largest absolute Gasteiger partial charge is 0.482 e. The Morgan fingerprint density at radius 3 is 2.62 bits per heavy atom. The molecule has 0 atom stereocenters. The van der Waals surface area contributed by atoms with Crippen LogP contribution < -0.4 is 19.7 Å². The van der Waals surface area contributed by atoms with Crippen LogP contribution in [0.2, 0.25) is 15.1 Å². The average molecular weight is 492 g/mol. The van der Waals surface area contributed by atoms with Crippen LogP contribution in [0.25, 0.3) is 0 Å². The number of benzene rings is 3. The Hall–Kier alpha value is -2.93. The predicted molar refractivity (Wildman–Crippen MR) is 125 cm³/mol. The lowest BCUT2D eigenvalue weighted by atomic mass is 10.1. The van der Waals surface area contributed by atoms with E-state index in [1.807, 2.05) is 18.2 Å². The van der Waals surface area contributed by atoms with Crippen LogP contribution in [-0.4, -0.2) is 25.0 Å². The molecule has 1 aliphatic rings. The molecular weight excluding hydrogens is 475 g/mol. The molecule has 3 aromatic carbocycles. The van der Waals surface area contributed by atoms with E-state index in [1.165, 1.54) is 6.07 Å².